The zero-order chi connectivity index (χ0) is 13.2. The average Bonchev–Trinajstić information content (AvgIpc) is 2.38. The van der Waals surface area contributed by atoms with Crippen molar-refractivity contribution in [2.75, 3.05) is 32.8 Å². The molecule has 4 heteroatoms. The molecule has 1 saturated heterocycles. The molecule has 0 bridgehead atoms. The number of aliphatic carboxylic acids is 1. The van der Waals surface area contributed by atoms with Crippen LogP contribution in [0.2, 0.25) is 0 Å². The van der Waals surface area contributed by atoms with Crippen molar-refractivity contribution >= 4 is 5.97 Å². The zero-order valence-corrected chi connectivity index (χ0v) is 11.6. The molecule has 1 rings (SSSR count). The van der Waals surface area contributed by atoms with Crippen molar-refractivity contribution < 1.29 is 14.6 Å². The van der Waals surface area contributed by atoms with Gasteiger partial charge in [0.1, 0.15) is 0 Å². The Labute approximate surface area is 110 Å². The molecule has 1 atom stereocenters. The van der Waals surface area contributed by atoms with E-state index in [0.717, 1.165) is 58.5 Å². The summed E-state index contributed by atoms with van der Waals surface area (Å²) in [6.07, 6.45) is 6.24. The molecule has 1 unspecified atom stereocenters. The van der Waals surface area contributed by atoms with E-state index in [1.807, 2.05) is 0 Å². The van der Waals surface area contributed by atoms with Gasteiger partial charge >= 0.3 is 5.97 Å². The Hall–Kier alpha value is -0.610. The highest BCUT2D eigenvalue weighted by molar-refractivity contribution is 5.69. The topological polar surface area (TPSA) is 49.8 Å². The van der Waals surface area contributed by atoms with E-state index in [9.17, 15) is 9.90 Å². The Bertz CT molecular complexity index is 227. The SMILES string of the molecule is CCCCCCC(CCN1CCOCC1)C(=O)O. The first-order valence-electron chi connectivity index (χ1n) is 7.27. The summed E-state index contributed by atoms with van der Waals surface area (Å²) >= 11 is 0. The summed E-state index contributed by atoms with van der Waals surface area (Å²) in [4.78, 5) is 13.5. The minimum Gasteiger partial charge on any atom is -0.481 e. The van der Waals surface area contributed by atoms with Crippen LogP contribution >= 0.6 is 0 Å². The van der Waals surface area contributed by atoms with Crippen molar-refractivity contribution in [1.29, 1.82) is 0 Å². The van der Waals surface area contributed by atoms with Crippen LogP contribution in [0.15, 0.2) is 0 Å². The molecule has 0 aromatic rings. The fraction of sp³-hybridized carbons (Fsp3) is 0.929. The van der Waals surface area contributed by atoms with E-state index in [2.05, 4.69) is 11.8 Å². The van der Waals surface area contributed by atoms with Crippen LogP contribution in [-0.4, -0.2) is 48.8 Å². The molecule has 0 spiro atoms. The van der Waals surface area contributed by atoms with Gasteiger partial charge in [-0.25, -0.2) is 0 Å². The largest absolute Gasteiger partial charge is 0.481 e. The van der Waals surface area contributed by atoms with E-state index in [-0.39, 0.29) is 5.92 Å². The summed E-state index contributed by atoms with van der Waals surface area (Å²) in [5.41, 5.74) is 0. The maximum atomic E-state index is 11.2. The molecule has 1 aliphatic heterocycles. The Balaban J connectivity index is 2.17. The summed E-state index contributed by atoms with van der Waals surface area (Å²) in [7, 11) is 0. The van der Waals surface area contributed by atoms with E-state index < -0.39 is 5.97 Å². The number of unbranched alkanes of at least 4 members (excludes halogenated alkanes) is 3. The quantitative estimate of drug-likeness (QED) is 0.644. The van der Waals surface area contributed by atoms with Crippen LogP contribution in [0.4, 0.5) is 0 Å². The first kappa shape index (κ1) is 15.4. The Morgan fingerprint density at radius 1 is 1.22 bits per heavy atom. The molecule has 0 radical (unpaired) electrons. The van der Waals surface area contributed by atoms with E-state index in [1.54, 1.807) is 0 Å². The molecule has 18 heavy (non-hydrogen) atoms. The van der Waals surface area contributed by atoms with Gasteiger partial charge in [0.05, 0.1) is 19.1 Å². The van der Waals surface area contributed by atoms with E-state index in [1.165, 1.54) is 12.8 Å². The molecule has 4 nitrogen and oxygen atoms in total. The highest BCUT2D eigenvalue weighted by Gasteiger charge is 2.19. The zero-order valence-electron chi connectivity index (χ0n) is 11.6. The molecule has 0 amide bonds. The van der Waals surface area contributed by atoms with Crippen LogP contribution in [0.25, 0.3) is 0 Å². The minimum absolute atomic E-state index is 0.162. The molecule has 1 heterocycles. The van der Waals surface area contributed by atoms with Gasteiger partial charge in [0.15, 0.2) is 0 Å². The van der Waals surface area contributed by atoms with Crippen molar-refractivity contribution in [3.05, 3.63) is 0 Å². The molecule has 0 aliphatic carbocycles. The fourth-order valence-corrected chi connectivity index (χ4v) is 2.37. The van der Waals surface area contributed by atoms with E-state index in [0.29, 0.717) is 0 Å². The van der Waals surface area contributed by atoms with Crippen LogP contribution in [0.3, 0.4) is 0 Å². The molecule has 0 aromatic carbocycles. The minimum atomic E-state index is -0.625. The van der Waals surface area contributed by atoms with E-state index >= 15 is 0 Å². The van der Waals surface area contributed by atoms with Crippen LogP contribution in [0.1, 0.15) is 45.4 Å². The van der Waals surface area contributed by atoms with Crippen molar-refractivity contribution in [3.63, 3.8) is 0 Å². The second-order valence-electron chi connectivity index (χ2n) is 5.13. The lowest BCUT2D eigenvalue weighted by molar-refractivity contribution is -0.142. The standard InChI is InChI=1S/C14H27NO3/c1-2-3-4-5-6-13(14(16)17)7-8-15-9-11-18-12-10-15/h13H,2-12H2,1H3,(H,16,17). The third kappa shape index (κ3) is 6.36. The second kappa shape index (κ2) is 9.34. The van der Waals surface area contributed by atoms with Gasteiger partial charge in [-0.05, 0) is 19.4 Å². The summed E-state index contributed by atoms with van der Waals surface area (Å²) < 4.78 is 5.29. The maximum absolute atomic E-state index is 11.2. The maximum Gasteiger partial charge on any atom is 0.306 e. The number of nitrogens with zero attached hydrogens (tertiary/aromatic N) is 1. The van der Waals surface area contributed by atoms with Gasteiger partial charge in [-0.2, -0.15) is 0 Å². The van der Waals surface area contributed by atoms with Gasteiger partial charge in [-0.3, -0.25) is 9.69 Å². The Morgan fingerprint density at radius 2 is 1.94 bits per heavy atom. The van der Waals surface area contributed by atoms with Gasteiger partial charge in [0.2, 0.25) is 0 Å². The molecular formula is C14H27NO3. The third-order valence-corrected chi connectivity index (χ3v) is 3.65. The van der Waals surface area contributed by atoms with Crippen molar-refractivity contribution in [2.24, 2.45) is 5.92 Å². The molecule has 1 fully saturated rings. The highest BCUT2D eigenvalue weighted by Crippen LogP contribution is 2.16. The summed E-state index contributed by atoms with van der Waals surface area (Å²) in [6.45, 7) is 6.54. The molecule has 0 aromatic heterocycles. The highest BCUT2D eigenvalue weighted by atomic mass is 16.5. The first-order chi connectivity index (χ1) is 8.74. The number of carboxylic acids is 1. The molecule has 106 valence electrons. The van der Waals surface area contributed by atoms with Gasteiger partial charge < -0.3 is 9.84 Å². The van der Waals surface area contributed by atoms with E-state index in [4.69, 9.17) is 4.74 Å². The lowest BCUT2D eigenvalue weighted by Gasteiger charge is -2.27. The van der Waals surface area contributed by atoms with Crippen LogP contribution in [0.5, 0.6) is 0 Å². The number of hydrogen-bond donors (Lipinski definition) is 1. The van der Waals surface area contributed by atoms with Gasteiger partial charge in [0, 0.05) is 13.1 Å². The van der Waals surface area contributed by atoms with Crippen LogP contribution in [0, 0.1) is 5.92 Å². The van der Waals surface area contributed by atoms with Crippen molar-refractivity contribution in [2.45, 2.75) is 45.4 Å². The Morgan fingerprint density at radius 3 is 2.56 bits per heavy atom. The van der Waals surface area contributed by atoms with Crippen molar-refractivity contribution in [3.8, 4) is 0 Å². The molecular weight excluding hydrogens is 230 g/mol. The number of carbonyl (C=O) groups is 1. The number of morpholine rings is 1. The molecule has 0 saturated carbocycles. The summed E-state index contributed by atoms with van der Waals surface area (Å²) in [5, 5.41) is 9.22. The normalized spacial score (nSPS) is 18.7. The lowest BCUT2D eigenvalue weighted by atomic mass is 9.97. The smallest absolute Gasteiger partial charge is 0.306 e. The monoisotopic (exact) mass is 257 g/mol. The average molecular weight is 257 g/mol. The third-order valence-electron chi connectivity index (χ3n) is 3.65. The summed E-state index contributed by atoms with van der Waals surface area (Å²) in [5.74, 6) is -0.788. The predicted octanol–water partition coefficient (Wildman–Crippen LogP) is 2.38. The van der Waals surface area contributed by atoms with Gasteiger partial charge in [0.25, 0.3) is 0 Å². The number of carboxylic acid groups (broad SMARTS) is 1. The van der Waals surface area contributed by atoms with Crippen LogP contribution < -0.4 is 0 Å². The second-order valence-corrected chi connectivity index (χ2v) is 5.13. The molecule has 1 aliphatic rings. The van der Waals surface area contributed by atoms with Crippen molar-refractivity contribution in [1.82, 2.24) is 4.90 Å². The number of ether oxygens (including phenoxy) is 1. The first-order valence-corrected chi connectivity index (χ1v) is 7.27. The van der Waals surface area contributed by atoms with Crippen LogP contribution in [-0.2, 0) is 9.53 Å². The Kier molecular flexibility index (Phi) is 8.01. The number of rotatable bonds is 9. The predicted molar refractivity (Wildman–Crippen MR) is 71.8 cm³/mol. The number of hydrogen-bond acceptors (Lipinski definition) is 3. The fourth-order valence-electron chi connectivity index (χ4n) is 2.37. The van der Waals surface area contributed by atoms with Gasteiger partial charge in [-0.1, -0.05) is 32.6 Å². The molecule has 1 N–H and O–H groups in total. The summed E-state index contributed by atoms with van der Waals surface area (Å²) in [6, 6.07) is 0. The van der Waals surface area contributed by atoms with Gasteiger partial charge in [-0.15, -0.1) is 0 Å². The lowest BCUT2D eigenvalue weighted by Crippen LogP contribution is -2.38.